The Hall–Kier alpha value is -1.91. The van der Waals surface area contributed by atoms with Gasteiger partial charge >= 0.3 is 0 Å². The minimum Gasteiger partial charge on any atom is -0.356 e. The molecule has 0 N–H and O–H groups in total. The van der Waals surface area contributed by atoms with Crippen LogP contribution in [-0.4, -0.2) is 32.8 Å². The van der Waals surface area contributed by atoms with Gasteiger partial charge in [0.2, 0.25) is 0 Å². The van der Waals surface area contributed by atoms with Crippen LogP contribution in [0.3, 0.4) is 0 Å². The van der Waals surface area contributed by atoms with E-state index in [1.54, 1.807) is 0 Å². The van der Waals surface area contributed by atoms with Gasteiger partial charge in [-0.25, -0.2) is 4.98 Å². The first-order valence-corrected chi connectivity index (χ1v) is 7.50. The van der Waals surface area contributed by atoms with Crippen molar-refractivity contribution in [1.82, 2.24) is 19.7 Å². The Labute approximate surface area is 118 Å². The van der Waals surface area contributed by atoms with Crippen molar-refractivity contribution in [3.05, 3.63) is 36.0 Å². The average Bonchev–Trinajstić information content (AvgIpc) is 3.11. The molecule has 5 nitrogen and oxygen atoms in total. The summed E-state index contributed by atoms with van der Waals surface area (Å²) in [5, 5.41) is 8.80. The van der Waals surface area contributed by atoms with Gasteiger partial charge in [-0.2, -0.15) is 0 Å². The summed E-state index contributed by atoms with van der Waals surface area (Å²) in [5.74, 6) is 3.94. The van der Waals surface area contributed by atoms with Crippen molar-refractivity contribution in [3.63, 3.8) is 0 Å². The highest BCUT2D eigenvalue weighted by Gasteiger charge is 2.28. The molecular formula is C15H19N5. The number of aryl methyl sites for hydroxylation is 1. The molecule has 1 unspecified atom stereocenters. The highest BCUT2D eigenvalue weighted by Crippen LogP contribution is 2.30. The van der Waals surface area contributed by atoms with E-state index < -0.39 is 0 Å². The number of piperidine rings is 1. The predicted molar refractivity (Wildman–Crippen MR) is 76.8 cm³/mol. The first-order valence-electron chi connectivity index (χ1n) is 7.50. The molecule has 2 aliphatic heterocycles. The first kappa shape index (κ1) is 11.9. The number of nitrogens with zero attached hydrogens (tertiary/aromatic N) is 5. The quantitative estimate of drug-likeness (QED) is 0.836. The highest BCUT2D eigenvalue weighted by molar-refractivity contribution is 5.39. The fourth-order valence-corrected chi connectivity index (χ4v) is 3.41. The van der Waals surface area contributed by atoms with Gasteiger partial charge in [0, 0.05) is 38.2 Å². The molecule has 20 heavy (non-hydrogen) atoms. The van der Waals surface area contributed by atoms with E-state index in [0.29, 0.717) is 5.92 Å². The number of anilines is 1. The van der Waals surface area contributed by atoms with Gasteiger partial charge in [-0.05, 0) is 31.4 Å². The molecule has 4 heterocycles. The SMILES string of the molecule is c1ccc(N2CCCC(c3nnc4n3CCC4)C2)nc1. The maximum absolute atomic E-state index is 4.47. The molecule has 2 aromatic rings. The predicted octanol–water partition coefficient (Wildman–Crippen LogP) is 2.00. The second kappa shape index (κ2) is 4.89. The van der Waals surface area contributed by atoms with Crippen molar-refractivity contribution < 1.29 is 0 Å². The van der Waals surface area contributed by atoms with Gasteiger partial charge in [-0.1, -0.05) is 6.07 Å². The van der Waals surface area contributed by atoms with Crippen LogP contribution >= 0.6 is 0 Å². The van der Waals surface area contributed by atoms with Crippen LogP contribution in [0.25, 0.3) is 0 Å². The van der Waals surface area contributed by atoms with E-state index >= 15 is 0 Å². The number of rotatable bonds is 2. The van der Waals surface area contributed by atoms with E-state index in [2.05, 4.69) is 36.8 Å². The molecule has 1 atom stereocenters. The van der Waals surface area contributed by atoms with Gasteiger partial charge in [0.25, 0.3) is 0 Å². The number of hydrogen-bond donors (Lipinski definition) is 0. The van der Waals surface area contributed by atoms with Crippen molar-refractivity contribution >= 4 is 5.82 Å². The summed E-state index contributed by atoms with van der Waals surface area (Å²) in [4.78, 5) is 6.85. The molecule has 2 aromatic heterocycles. The van der Waals surface area contributed by atoms with Crippen molar-refractivity contribution in [2.24, 2.45) is 0 Å². The van der Waals surface area contributed by atoms with Crippen LogP contribution in [-0.2, 0) is 13.0 Å². The van der Waals surface area contributed by atoms with Crippen molar-refractivity contribution in [2.75, 3.05) is 18.0 Å². The third kappa shape index (κ3) is 1.97. The Balaban J connectivity index is 1.57. The summed E-state index contributed by atoms with van der Waals surface area (Å²) in [5.41, 5.74) is 0. The lowest BCUT2D eigenvalue weighted by molar-refractivity contribution is 0.471. The summed E-state index contributed by atoms with van der Waals surface area (Å²) >= 11 is 0. The Bertz CT molecular complexity index is 592. The van der Waals surface area contributed by atoms with Gasteiger partial charge in [0.05, 0.1) is 0 Å². The van der Waals surface area contributed by atoms with Crippen LogP contribution in [0, 0.1) is 0 Å². The molecular weight excluding hydrogens is 250 g/mol. The van der Waals surface area contributed by atoms with Crippen molar-refractivity contribution in [2.45, 2.75) is 38.1 Å². The molecule has 0 bridgehead atoms. The molecule has 104 valence electrons. The molecule has 4 rings (SSSR count). The molecule has 1 fully saturated rings. The Morgan fingerprint density at radius 1 is 1.10 bits per heavy atom. The lowest BCUT2D eigenvalue weighted by Crippen LogP contribution is -2.35. The smallest absolute Gasteiger partial charge is 0.137 e. The number of hydrogen-bond acceptors (Lipinski definition) is 4. The van der Waals surface area contributed by atoms with Crippen molar-refractivity contribution in [3.8, 4) is 0 Å². The van der Waals surface area contributed by atoms with E-state index in [1.165, 1.54) is 30.9 Å². The van der Waals surface area contributed by atoms with Gasteiger partial charge < -0.3 is 9.47 Å². The maximum Gasteiger partial charge on any atom is 0.137 e. The summed E-state index contributed by atoms with van der Waals surface area (Å²) in [6, 6.07) is 6.12. The minimum atomic E-state index is 0.491. The van der Waals surface area contributed by atoms with E-state index in [1.807, 2.05) is 12.3 Å². The zero-order valence-corrected chi connectivity index (χ0v) is 11.6. The number of pyridine rings is 1. The minimum absolute atomic E-state index is 0.491. The highest BCUT2D eigenvalue weighted by atomic mass is 15.3. The lowest BCUT2D eigenvalue weighted by atomic mass is 9.97. The fourth-order valence-electron chi connectivity index (χ4n) is 3.41. The van der Waals surface area contributed by atoms with E-state index in [9.17, 15) is 0 Å². The Morgan fingerprint density at radius 3 is 3.00 bits per heavy atom. The third-order valence-corrected chi connectivity index (χ3v) is 4.40. The van der Waals surface area contributed by atoms with Crippen LogP contribution in [0.5, 0.6) is 0 Å². The van der Waals surface area contributed by atoms with Crippen LogP contribution in [0.15, 0.2) is 24.4 Å². The third-order valence-electron chi connectivity index (χ3n) is 4.40. The lowest BCUT2D eigenvalue weighted by Gasteiger charge is -2.33. The molecule has 0 amide bonds. The number of fused-ring (bicyclic) bond motifs is 1. The molecule has 0 aromatic carbocycles. The van der Waals surface area contributed by atoms with E-state index in [0.717, 1.165) is 31.9 Å². The standard InChI is InChI=1S/C15H19N5/c1-2-8-16-13(6-1)19-9-3-5-12(11-19)15-18-17-14-7-4-10-20(14)15/h1-2,6,8,12H,3-5,7,9-11H2. The van der Waals surface area contributed by atoms with Crippen LogP contribution in [0.2, 0.25) is 0 Å². The molecule has 0 saturated carbocycles. The molecule has 5 heteroatoms. The second-order valence-corrected chi connectivity index (χ2v) is 5.70. The van der Waals surface area contributed by atoms with Gasteiger partial charge in [-0.3, -0.25) is 0 Å². The maximum atomic E-state index is 4.47. The van der Waals surface area contributed by atoms with E-state index in [-0.39, 0.29) is 0 Å². The fraction of sp³-hybridized carbons (Fsp3) is 0.533. The van der Waals surface area contributed by atoms with Gasteiger partial charge in [0.1, 0.15) is 17.5 Å². The average molecular weight is 269 g/mol. The molecule has 0 spiro atoms. The topological polar surface area (TPSA) is 46.8 Å². The van der Waals surface area contributed by atoms with Crippen LogP contribution in [0.4, 0.5) is 5.82 Å². The molecule has 0 radical (unpaired) electrons. The summed E-state index contributed by atoms with van der Waals surface area (Å²) < 4.78 is 2.34. The zero-order chi connectivity index (χ0) is 13.4. The molecule has 0 aliphatic carbocycles. The largest absolute Gasteiger partial charge is 0.356 e. The second-order valence-electron chi connectivity index (χ2n) is 5.70. The van der Waals surface area contributed by atoms with Crippen molar-refractivity contribution in [1.29, 1.82) is 0 Å². The normalized spacial score (nSPS) is 22.0. The monoisotopic (exact) mass is 269 g/mol. The Kier molecular flexibility index (Phi) is 2.90. The first-order chi connectivity index (χ1) is 9.92. The summed E-state index contributed by atoms with van der Waals surface area (Å²) in [6.07, 6.45) is 6.58. The van der Waals surface area contributed by atoms with Gasteiger partial charge in [-0.15, -0.1) is 10.2 Å². The zero-order valence-electron chi connectivity index (χ0n) is 11.6. The summed E-state index contributed by atoms with van der Waals surface area (Å²) in [7, 11) is 0. The van der Waals surface area contributed by atoms with Crippen LogP contribution < -0.4 is 4.90 Å². The number of aromatic nitrogens is 4. The molecule has 2 aliphatic rings. The van der Waals surface area contributed by atoms with E-state index in [4.69, 9.17) is 0 Å². The van der Waals surface area contributed by atoms with Crippen LogP contribution in [0.1, 0.15) is 36.8 Å². The molecule has 1 saturated heterocycles. The van der Waals surface area contributed by atoms with Gasteiger partial charge in [0.15, 0.2) is 0 Å². The summed E-state index contributed by atoms with van der Waals surface area (Å²) in [6.45, 7) is 3.20. The Morgan fingerprint density at radius 2 is 2.10 bits per heavy atom.